The molecule has 0 spiro atoms. The normalized spacial score (nSPS) is 15.5. The van der Waals surface area contributed by atoms with Crippen LogP contribution in [0.4, 0.5) is 23.5 Å². The van der Waals surface area contributed by atoms with Crippen molar-refractivity contribution >= 4 is 16.0 Å². The molecule has 4 rings (SSSR count). The highest BCUT2D eigenvalue weighted by molar-refractivity contribution is 7.88. The zero-order valence-corrected chi connectivity index (χ0v) is 24.4. The van der Waals surface area contributed by atoms with Crippen LogP contribution in [0, 0.1) is 12.7 Å². The molecule has 9 nitrogen and oxygen atoms in total. The first kappa shape index (κ1) is 30.8. The second-order valence-corrected chi connectivity index (χ2v) is 12.3. The number of rotatable bonds is 10. The molecule has 1 aliphatic heterocycles. The molecule has 3 heterocycles. The van der Waals surface area contributed by atoms with E-state index in [1.54, 1.807) is 13.0 Å². The number of imidazole rings is 1. The van der Waals surface area contributed by atoms with Gasteiger partial charge in [-0.15, -0.1) is 0 Å². The quantitative estimate of drug-likeness (QED) is 0.344. The van der Waals surface area contributed by atoms with E-state index >= 15 is 4.39 Å². The maximum Gasteiger partial charge on any atom is 0.420 e. The minimum Gasteiger partial charge on any atom is -0.351 e. The average molecular weight is 598 g/mol. The highest BCUT2D eigenvalue weighted by Gasteiger charge is 2.36. The first-order chi connectivity index (χ1) is 19.3. The SMILES string of the molecule is CCN(C)CCCc1ccc(-n2cc(-c3nc(NC4CCN(S(C)(=O)=O)CC4)ncc3C(F)(F)F)nc2C)c(F)c1. The van der Waals surface area contributed by atoms with Gasteiger partial charge < -0.3 is 14.8 Å². The van der Waals surface area contributed by atoms with Crippen molar-refractivity contribution in [1.82, 2.24) is 28.7 Å². The largest absolute Gasteiger partial charge is 0.420 e. The molecule has 3 aromatic rings. The summed E-state index contributed by atoms with van der Waals surface area (Å²) in [6.07, 6.45) is 0.918. The summed E-state index contributed by atoms with van der Waals surface area (Å²) >= 11 is 0. The molecule has 0 atom stereocenters. The lowest BCUT2D eigenvalue weighted by atomic mass is 10.1. The zero-order valence-electron chi connectivity index (χ0n) is 23.5. The number of halogens is 4. The highest BCUT2D eigenvalue weighted by atomic mass is 32.2. The third kappa shape index (κ3) is 7.60. The fourth-order valence-electron chi connectivity index (χ4n) is 4.81. The molecule has 14 heteroatoms. The standard InChI is InChI=1S/C27H35F4N7O2S/c1-5-36(3)12-6-7-19-8-9-24(22(28)15-19)38-17-23(33-18(38)2)25-21(27(29,30)31)16-32-26(35-25)34-20-10-13-37(14-11-20)41(4,39)40/h8-9,15-17,20H,5-7,10-14H2,1-4H3,(H,32,34,35). The minimum absolute atomic E-state index is 0.0257. The van der Waals surface area contributed by atoms with E-state index in [-0.39, 0.29) is 36.5 Å². The number of alkyl halides is 3. The Morgan fingerprint density at radius 3 is 2.49 bits per heavy atom. The monoisotopic (exact) mass is 597 g/mol. The van der Waals surface area contributed by atoms with Crippen molar-refractivity contribution in [3.8, 4) is 17.1 Å². The van der Waals surface area contributed by atoms with Crippen LogP contribution in [-0.2, 0) is 22.6 Å². The van der Waals surface area contributed by atoms with E-state index < -0.39 is 33.3 Å². The smallest absolute Gasteiger partial charge is 0.351 e. The molecule has 0 radical (unpaired) electrons. The molecule has 0 amide bonds. The molecule has 1 aliphatic rings. The Morgan fingerprint density at radius 1 is 1.17 bits per heavy atom. The minimum atomic E-state index is -4.74. The van der Waals surface area contributed by atoms with Gasteiger partial charge in [-0.1, -0.05) is 13.0 Å². The maximum absolute atomic E-state index is 15.2. The van der Waals surface area contributed by atoms with E-state index in [1.165, 1.54) is 21.1 Å². The summed E-state index contributed by atoms with van der Waals surface area (Å²) in [6.45, 7) is 6.04. The summed E-state index contributed by atoms with van der Waals surface area (Å²) in [7, 11) is -1.29. The van der Waals surface area contributed by atoms with Crippen molar-refractivity contribution in [1.29, 1.82) is 0 Å². The van der Waals surface area contributed by atoms with Crippen molar-refractivity contribution in [3.63, 3.8) is 0 Å². The van der Waals surface area contributed by atoms with E-state index in [1.807, 2.05) is 13.1 Å². The molecule has 2 aromatic heterocycles. The molecular formula is C27H35F4N7O2S. The predicted octanol–water partition coefficient (Wildman–Crippen LogP) is 4.52. The fraction of sp³-hybridized carbons (Fsp3) is 0.519. The Labute approximate surface area is 237 Å². The third-order valence-electron chi connectivity index (χ3n) is 7.29. The first-order valence-electron chi connectivity index (χ1n) is 13.5. The molecule has 1 saturated heterocycles. The molecule has 1 aromatic carbocycles. The Balaban J connectivity index is 1.58. The summed E-state index contributed by atoms with van der Waals surface area (Å²) < 4.78 is 83.3. The average Bonchev–Trinajstić information content (AvgIpc) is 3.29. The van der Waals surface area contributed by atoms with Crippen LogP contribution in [-0.4, -0.2) is 82.7 Å². The number of benzene rings is 1. The molecule has 0 unspecified atom stereocenters. The predicted molar refractivity (Wildman–Crippen MR) is 149 cm³/mol. The lowest BCUT2D eigenvalue weighted by Gasteiger charge is -2.30. The molecular weight excluding hydrogens is 562 g/mol. The highest BCUT2D eigenvalue weighted by Crippen LogP contribution is 2.36. The van der Waals surface area contributed by atoms with Gasteiger partial charge in [0.25, 0.3) is 0 Å². The van der Waals surface area contributed by atoms with Gasteiger partial charge in [0.2, 0.25) is 16.0 Å². The van der Waals surface area contributed by atoms with E-state index in [9.17, 15) is 21.6 Å². The second kappa shape index (κ2) is 12.4. The topological polar surface area (TPSA) is 96.2 Å². The second-order valence-electron chi connectivity index (χ2n) is 10.4. The number of piperidine rings is 1. The van der Waals surface area contributed by atoms with Crippen molar-refractivity contribution in [2.24, 2.45) is 0 Å². The molecule has 224 valence electrons. The van der Waals surface area contributed by atoms with E-state index in [0.29, 0.717) is 31.3 Å². The van der Waals surface area contributed by atoms with Crippen LogP contribution in [0.3, 0.4) is 0 Å². The van der Waals surface area contributed by atoms with Crippen molar-refractivity contribution in [2.45, 2.75) is 51.7 Å². The number of nitrogens with one attached hydrogen (secondary N) is 1. The van der Waals surface area contributed by atoms with Crippen LogP contribution < -0.4 is 5.32 Å². The summed E-state index contributed by atoms with van der Waals surface area (Å²) in [5, 5.41) is 3.03. The molecule has 41 heavy (non-hydrogen) atoms. The van der Waals surface area contributed by atoms with Gasteiger partial charge in [0.1, 0.15) is 28.6 Å². The number of aromatic nitrogens is 4. The number of hydrogen-bond donors (Lipinski definition) is 1. The van der Waals surface area contributed by atoms with Crippen LogP contribution in [0.5, 0.6) is 0 Å². The van der Waals surface area contributed by atoms with Gasteiger partial charge in [0, 0.05) is 31.5 Å². The molecule has 0 saturated carbocycles. The number of sulfonamides is 1. The fourth-order valence-corrected chi connectivity index (χ4v) is 5.69. The Hall–Kier alpha value is -3.10. The zero-order chi connectivity index (χ0) is 29.9. The summed E-state index contributed by atoms with van der Waals surface area (Å²) in [5.74, 6) is -0.229. The van der Waals surface area contributed by atoms with Crippen LogP contribution in [0.2, 0.25) is 0 Å². The number of aryl methyl sites for hydroxylation is 2. The molecule has 0 bridgehead atoms. The van der Waals surface area contributed by atoms with Crippen molar-refractivity contribution in [3.05, 3.63) is 53.4 Å². The summed E-state index contributed by atoms with van der Waals surface area (Å²) in [6, 6.07) is 4.65. The lowest BCUT2D eigenvalue weighted by Crippen LogP contribution is -2.42. The van der Waals surface area contributed by atoms with Crippen molar-refractivity contribution in [2.75, 3.05) is 44.8 Å². The van der Waals surface area contributed by atoms with Gasteiger partial charge in [-0.2, -0.15) is 13.2 Å². The summed E-state index contributed by atoms with van der Waals surface area (Å²) in [5.41, 5.74) is -0.551. The Kier molecular flexibility index (Phi) is 9.34. The molecule has 1 fully saturated rings. The van der Waals surface area contributed by atoms with Gasteiger partial charge in [-0.25, -0.2) is 32.1 Å². The van der Waals surface area contributed by atoms with Gasteiger partial charge >= 0.3 is 6.18 Å². The van der Waals surface area contributed by atoms with E-state index in [2.05, 4.69) is 32.1 Å². The van der Waals surface area contributed by atoms with Crippen LogP contribution >= 0.6 is 0 Å². The van der Waals surface area contributed by atoms with Gasteiger partial charge in [0.05, 0.1) is 11.9 Å². The maximum atomic E-state index is 15.2. The lowest BCUT2D eigenvalue weighted by molar-refractivity contribution is -0.137. The van der Waals surface area contributed by atoms with Gasteiger partial charge in [-0.05, 0) is 70.4 Å². The summed E-state index contributed by atoms with van der Waals surface area (Å²) in [4.78, 5) is 14.5. The van der Waals surface area contributed by atoms with E-state index in [0.717, 1.165) is 31.3 Å². The van der Waals surface area contributed by atoms with Crippen LogP contribution in [0.1, 0.15) is 43.1 Å². The van der Waals surface area contributed by atoms with Gasteiger partial charge in [-0.3, -0.25) is 0 Å². The van der Waals surface area contributed by atoms with Crippen LogP contribution in [0.15, 0.2) is 30.6 Å². The first-order valence-corrected chi connectivity index (χ1v) is 15.3. The van der Waals surface area contributed by atoms with Gasteiger partial charge in [0.15, 0.2) is 0 Å². The van der Waals surface area contributed by atoms with Crippen LogP contribution in [0.25, 0.3) is 17.1 Å². The molecule has 0 aliphatic carbocycles. The Bertz CT molecular complexity index is 1470. The Morgan fingerprint density at radius 2 is 1.88 bits per heavy atom. The van der Waals surface area contributed by atoms with E-state index in [4.69, 9.17) is 0 Å². The number of anilines is 1. The number of hydrogen-bond acceptors (Lipinski definition) is 7. The van der Waals surface area contributed by atoms with Crippen molar-refractivity contribution < 1.29 is 26.0 Å². The number of nitrogens with zero attached hydrogens (tertiary/aromatic N) is 6. The third-order valence-corrected chi connectivity index (χ3v) is 8.60. The molecule has 1 N–H and O–H groups in total.